The number of fused-ring (bicyclic) bond motifs is 1. The molecule has 2 atom stereocenters. The molecular formula is C22H21F3N2O2S. The topological polar surface area (TPSA) is 44.1 Å². The standard InChI is InChI=1S/C22H21F3N2O2S/c1-14(15-8-10-16(11-9-15)22(23,24)25)30-21-26-19-7-3-2-6-18(19)20(28)27(21)13-17-5-4-12-29-17/h2-3,6-11,14,17H,4-5,12-13H2,1H3. The number of thioether (sulfide) groups is 1. The number of benzene rings is 2. The molecule has 0 amide bonds. The molecule has 4 rings (SSSR count). The van der Waals surface area contributed by atoms with Gasteiger partial charge in [0.15, 0.2) is 5.16 Å². The number of ether oxygens (including phenoxy) is 1. The minimum atomic E-state index is -4.36. The molecule has 1 aliphatic heterocycles. The van der Waals surface area contributed by atoms with Crippen LogP contribution in [0.4, 0.5) is 13.2 Å². The van der Waals surface area contributed by atoms with Gasteiger partial charge in [-0.3, -0.25) is 9.36 Å². The number of hydrogen-bond donors (Lipinski definition) is 0. The highest BCUT2D eigenvalue weighted by molar-refractivity contribution is 7.99. The van der Waals surface area contributed by atoms with Crippen LogP contribution in [0, 0.1) is 0 Å². The van der Waals surface area contributed by atoms with Crippen molar-refractivity contribution in [2.45, 2.75) is 49.0 Å². The summed E-state index contributed by atoms with van der Waals surface area (Å²) in [6.07, 6.45) is -2.55. The summed E-state index contributed by atoms with van der Waals surface area (Å²) in [5.74, 6) is 0. The van der Waals surface area contributed by atoms with Gasteiger partial charge in [-0.2, -0.15) is 13.2 Å². The Bertz CT molecular complexity index is 1090. The Hall–Kier alpha value is -2.32. The highest BCUT2D eigenvalue weighted by Crippen LogP contribution is 2.36. The lowest BCUT2D eigenvalue weighted by atomic mass is 10.1. The van der Waals surface area contributed by atoms with Gasteiger partial charge in [0, 0.05) is 11.9 Å². The fourth-order valence-electron chi connectivity index (χ4n) is 3.56. The van der Waals surface area contributed by atoms with Crippen LogP contribution in [-0.2, 0) is 17.5 Å². The van der Waals surface area contributed by atoms with Gasteiger partial charge in [0.1, 0.15) is 0 Å². The van der Waals surface area contributed by atoms with Crippen molar-refractivity contribution >= 4 is 22.7 Å². The summed E-state index contributed by atoms with van der Waals surface area (Å²) in [6.45, 7) is 2.99. The van der Waals surface area contributed by atoms with E-state index in [9.17, 15) is 18.0 Å². The maximum atomic E-state index is 13.1. The van der Waals surface area contributed by atoms with Crippen LogP contribution in [0.5, 0.6) is 0 Å². The minimum Gasteiger partial charge on any atom is -0.376 e. The van der Waals surface area contributed by atoms with E-state index < -0.39 is 11.7 Å². The zero-order chi connectivity index (χ0) is 21.3. The van der Waals surface area contributed by atoms with Gasteiger partial charge in [-0.05, 0) is 49.6 Å². The van der Waals surface area contributed by atoms with Crippen molar-refractivity contribution in [2.75, 3.05) is 6.61 Å². The zero-order valence-corrected chi connectivity index (χ0v) is 17.2. The summed E-state index contributed by atoms with van der Waals surface area (Å²) in [7, 11) is 0. The summed E-state index contributed by atoms with van der Waals surface area (Å²) in [5.41, 5.74) is 0.535. The van der Waals surface area contributed by atoms with Gasteiger partial charge in [0.25, 0.3) is 5.56 Å². The Balaban J connectivity index is 1.67. The molecule has 0 saturated carbocycles. The molecule has 2 unspecified atom stereocenters. The lowest BCUT2D eigenvalue weighted by Gasteiger charge is -2.19. The maximum absolute atomic E-state index is 13.1. The molecule has 0 aliphatic carbocycles. The molecule has 1 fully saturated rings. The van der Waals surface area contributed by atoms with Crippen LogP contribution >= 0.6 is 11.8 Å². The van der Waals surface area contributed by atoms with E-state index in [2.05, 4.69) is 0 Å². The molecule has 158 valence electrons. The summed E-state index contributed by atoms with van der Waals surface area (Å²) in [5, 5.41) is 0.903. The van der Waals surface area contributed by atoms with Crippen molar-refractivity contribution in [2.24, 2.45) is 0 Å². The van der Waals surface area contributed by atoms with Gasteiger partial charge in [-0.15, -0.1) is 0 Å². The molecule has 4 nitrogen and oxygen atoms in total. The van der Waals surface area contributed by atoms with Gasteiger partial charge in [0.05, 0.1) is 29.1 Å². The first kappa shape index (κ1) is 20.9. The quantitative estimate of drug-likeness (QED) is 0.396. The summed E-state index contributed by atoms with van der Waals surface area (Å²) >= 11 is 1.36. The van der Waals surface area contributed by atoms with Gasteiger partial charge in [0.2, 0.25) is 0 Å². The predicted molar refractivity (Wildman–Crippen MR) is 111 cm³/mol. The van der Waals surface area contributed by atoms with E-state index in [0.29, 0.717) is 29.2 Å². The molecule has 2 aromatic carbocycles. The van der Waals surface area contributed by atoms with Crippen LogP contribution < -0.4 is 5.56 Å². The summed E-state index contributed by atoms with van der Waals surface area (Å²) in [6, 6.07) is 12.3. The first-order chi connectivity index (χ1) is 14.3. The summed E-state index contributed by atoms with van der Waals surface area (Å²) in [4.78, 5) is 17.8. The molecule has 8 heteroatoms. The van der Waals surface area contributed by atoms with Gasteiger partial charge in [-0.25, -0.2) is 4.98 Å². The normalized spacial score (nSPS) is 18.1. The van der Waals surface area contributed by atoms with E-state index >= 15 is 0 Å². The van der Waals surface area contributed by atoms with Crippen molar-refractivity contribution in [3.8, 4) is 0 Å². The fraction of sp³-hybridized carbons (Fsp3) is 0.364. The third kappa shape index (κ3) is 4.39. The number of hydrogen-bond acceptors (Lipinski definition) is 4. The molecule has 30 heavy (non-hydrogen) atoms. The molecule has 1 aliphatic rings. The monoisotopic (exact) mass is 434 g/mol. The molecule has 0 spiro atoms. The lowest BCUT2D eigenvalue weighted by Crippen LogP contribution is -2.29. The molecule has 2 heterocycles. The molecule has 0 bridgehead atoms. The molecule has 1 saturated heterocycles. The molecule has 1 aromatic heterocycles. The lowest BCUT2D eigenvalue weighted by molar-refractivity contribution is -0.137. The van der Waals surface area contributed by atoms with E-state index in [1.165, 1.54) is 23.9 Å². The number of rotatable bonds is 5. The van der Waals surface area contributed by atoms with Crippen molar-refractivity contribution < 1.29 is 17.9 Å². The smallest absolute Gasteiger partial charge is 0.376 e. The van der Waals surface area contributed by atoms with Gasteiger partial charge >= 0.3 is 6.18 Å². The Morgan fingerprint density at radius 2 is 1.93 bits per heavy atom. The van der Waals surface area contributed by atoms with Gasteiger partial charge in [-0.1, -0.05) is 36.0 Å². The molecule has 0 N–H and O–H groups in total. The van der Waals surface area contributed by atoms with E-state index in [-0.39, 0.29) is 16.9 Å². The van der Waals surface area contributed by atoms with Crippen LogP contribution in [0.15, 0.2) is 58.5 Å². The Kier molecular flexibility index (Phi) is 5.88. The third-order valence-electron chi connectivity index (χ3n) is 5.23. The molecule has 0 radical (unpaired) electrons. The van der Waals surface area contributed by atoms with E-state index in [1.807, 2.05) is 13.0 Å². The predicted octanol–water partition coefficient (Wildman–Crippen LogP) is 5.45. The maximum Gasteiger partial charge on any atom is 0.416 e. The van der Waals surface area contributed by atoms with Crippen LogP contribution in [0.2, 0.25) is 0 Å². The van der Waals surface area contributed by atoms with Crippen LogP contribution in [0.25, 0.3) is 10.9 Å². The van der Waals surface area contributed by atoms with Crippen molar-refractivity contribution in [1.29, 1.82) is 0 Å². The fourth-order valence-corrected chi connectivity index (χ4v) is 4.61. The average Bonchev–Trinajstić information content (AvgIpc) is 3.23. The SMILES string of the molecule is CC(Sc1nc2ccccc2c(=O)n1CC1CCCO1)c1ccc(C(F)(F)F)cc1. The second-order valence-corrected chi connectivity index (χ2v) is 8.65. The molecule has 3 aromatic rings. The number of halogens is 3. The summed E-state index contributed by atoms with van der Waals surface area (Å²) < 4.78 is 45.9. The largest absolute Gasteiger partial charge is 0.416 e. The second-order valence-electron chi connectivity index (χ2n) is 7.34. The molecular weight excluding hydrogens is 413 g/mol. The van der Waals surface area contributed by atoms with Crippen LogP contribution in [0.1, 0.15) is 36.1 Å². The van der Waals surface area contributed by atoms with Crippen LogP contribution in [-0.4, -0.2) is 22.3 Å². The Labute approximate surface area is 176 Å². The third-order valence-corrected chi connectivity index (χ3v) is 6.37. The first-order valence-corrected chi connectivity index (χ1v) is 10.7. The first-order valence-electron chi connectivity index (χ1n) is 9.78. The van der Waals surface area contributed by atoms with E-state index in [1.54, 1.807) is 22.8 Å². The zero-order valence-electron chi connectivity index (χ0n) is 16.4. The highest BCUT2D eigenvalue weighted by Gasteiger charge is 2.30. The number of para-hydroxylation sites is 1. The van der Waals surface area contributed by atoms with Crippen molar-refractivity contribution in [3.63, 3.8) is 0 Å². The van der Waals surface area contributed by atoms with Gasteiger partial charge < -0.3 is 4.74 Å². The van der Waals surface area contributed by atoms with E-state index in [4.69, 9.17) is 9.72 Å². The Morgan fingerprint density at radius 1 is 1.20 bits per heavy atom. The van der Waals surface area contributed by atoms with Crippen molar-refractivity contribution in [1.82, 2.24) is 9.55 Å². The van der Waals surface area contributed by atoms with E-state index in [0.717, 1.165) is 30.5 Å². The van der Waals surface area contributed by atoms with Crippen molar-refractivity contribution in [3.05, 3.63) is 70.0 Å². The average molecular weight is 434 g/mol. The number of nitrogens with zero attached hydrogens (tertiary/aromatic N) is 2. The number of alkyl halides is 3. The minimum absolute atomic E-state index is 0.0358. The Morgan fingerprint density at radius 3 is 2.60 bits per heavy atom. The second kappa shape index (κ2) is 8.43. The van der Waals surface area contributed by atoms with Crippen LogP contribution in [0.3, 0.4) is 0 Å². The number of aromatic nitrogens is 2. The highest BCUT2D eigenvalue weighted by atomic mass is 32.2.